The van der Waals surface area contributed by atoms with Crippen molar-refractivity contribution in [3.8, 4) is 11.4 Å². The van der Waals surface area contributed by atoms with E-state index in [4.69, 9.17) is 11.6 Å². The lowest BCUT2D eigenvalue weighted by atomic mass is 10.1. The zero-order valence-electron chi connectivity index (χ0n) is 19.4. The van der Waals surface area contributed by atoms with Crippen LogP contribution in [-0.2, 0) is 7.05 Å². The van der Waals surface area contributed by atoms with Crippen molar-refractivity contribution in [1.29, 1.82) is 0 Å². The number of benzene rings is 2. The van der Waals surface area contributed by atoms with Crippen molar-refractivity contribution in [2.24, 2.45) is 7.05 Å². The van der Waals surface area contributed by atoms with Crippen LogP contribution in [0.4, 0.5) is 28.8 Å². The third kappa shape index (κ3) is 4.63. The van der Waals surface area contributed by atoms with E-state index < -0.39 is 0 Å². The predicted molar refractivity (Wildman–Crippen MR) is 139 cm³/mol. The minimum Gasteiger partial charge on any atom is -0.369 e. The molecule has 10 heteroatoms. The second-order valence-corrected chi connectivity index (χ2v) is 8.52. The van der Waals surface area contributed by atoms with E-state index in [0.717, 1.165) is 41.5 Å². The fourth-order valence-corrected chi connectivity index (χ4v) is 4.23. The molecule has 9 nitrogen and oxygen atoms in total. The van der Waals surface area contributed by atoms with Gasteiger partial charge in [0.15, 0.2) is 5.82 Å². The molecule has 0 aliphatic carbocycles. The van der Waals surface area contributed by atoms with Crippen LogP contribution in [0.15, 0.2) is 61.1 Å². The Balaban J connectivity index is 1.43. The average molecular weight is 489 g/mol. The van der Waals surface area contributed by atoms with Crippen molar-refractivity contribution in [3.63, 3.8) is 0 Å². The largest absolute Gasteiger partial charge is 0.369 e. The van der Waals surface area contributed by atoms with Gasteiger partial charge < -0.3 is 25.4 Å². The number of aryl methyl sites for hydroxylation is 1. The molecule has 35 heavy (non-hydrogen) atoms. The highest BCUT2D eigenvalue weighted by Gasteiger charge is 2.20. The second-order valence-electron chi connectivity index (χ2n) is 8.11. The average Bonchev–Trinajstić information content (AvgIpc) is 3.22. The standard InChI is InChI=1S/C25H25ClN8O/c1-3-34-13-11-28-24(35)18-9-8-16(14-21(18)34)30-25-29-15-19(26)22(32-25)31-20-7-5-4-6-17(20)23-27-10-12-33(23)2/h4-10,12,14-15H,3,11,13H2,1-2H3,(H,28,35)(H2,29,30,31,32). The number of anilines is 5. The summed E-state index contributed by atoms with van der Waals surface area (Å²) in [6.45, 7) is 4.23. The molecule has 0 spiro atoms. The number of carbonyl (C=O) groups excluding carboxylic acids is 1. The van der Waals surface area contributed by atoms with Gasteiger partial charge in [0, 0.05) is 50.3 Å². The SMILES string of the molecule is CCN1CCNC(=O)c2ccc(Nc3ncc(Cl)c(Nc4ccccc4-c4nccn4C)n3)cc21. The molecule has 0 radical (unpaired) electrons. The molecule has 0 atom stereocenters. The number of aromatic nitrogens is 4. The van der Waals surface area contributed by atoms with Crippen molar-refractivity contribution in [3.05, 3.63) is 71.6 Å². The van der Waals surface area contributed by atoms with Crippen molar-refractivity contribution >= 4 is 46.3 Å². The first-order valence-corrected chi connectivity index (χ1v) is 11.7. The Labute approximate surface area is 208 Å². The van der Waals surface area contributed by atoms with Crippen LogP contribution in [0, 0.1) is 0 Å². The summed E-state index contributed by atoms with van der Waals surface area (Å²) in [5.74, 6) is 1.61. The van der Waals surface area contributed by atoms with E-state index in [-0.39, 0.29) is 5.91 Å². The number of para-hydroxylation sites is 1. The topological polar surface area (TPSA) is 100 Å². The van der Waals surface area contributed by atoms with E-state index in [1.54, 1.807) is 12.4 Å². The number of fused-ring (bicyclic) bond motifs is 1. The van der Waals surface area contributed by atoms with Crippen LogP contribution in [-0.4, -0.2) is 45.1 Å². The first-order chi connectivity index (χ1) is 17.0. The van der Waals surface area contributed by atoms with Crippen LogP contribution in [0.2, 0.25) is 5.02 Å². The number of halogens is 1. The van der Waals surface area contributed by atoms with Crippen LogP contribution in [0.5, 0.6) is 0 Å². The lowest BCUT2D eigenvalue weighted by Crippen LogP contribution is -2.29. The van der Waals surface area contributed by atoms with E-state index in [1.165, 1.54) is 0 Å². The zero-order valence-corrected chi connectivity index (χ0v) is 20.2. The highest BCUT2D eigenvalue weighted by molar-refractivity contribution is 6.33. The number of amides is 1. The number of imidazole rings is 1. The summed E-state index contributed by atoms with van der Waals surface area (Å²) in [6.07, 6.45) is 5.21. The number of carbonyl (C=O) groups is 1. The molecule has 0 fully saturated rings. The van der Waals surface area contributed by atoms with E-state index in [9.17, 15) is 4.79 Å². The van der Waals surface area contributed by atoms with Crippen LogP contribution < -0.4 is 20.9 Å². The van der Waals surface area contributed by atoms with Gasteiger partial charge in [0.05, 0.1) is 23.1 Å². The Kier molecular flexibility index (Phi) is 6.24. The molecule has 1 aliphatic heterocycles. The van der Waals surface area contributed by atoms with Crippen LogP contribution in [0.3, 0.4) is 0 Å². The summed E-state index contributed by atoms with van der Waals surface area (Å²) >= 11 is 6.44. The summed E-state index contributed by atoms with van der Waals surface area (Å²) in [4.78, 5) is 28.0. The van der Waals surface area contributed by atoms with Crippen molar-refractivity contribution in [1.82, 2.24) is 24.8 Å². The van der Waals surface area contributed by atoms with Gasteiger partial charge in [-0.15, -0.1) is 0 Å². The van der Waals surface area contributed by atoms with Gasteiger partial charge in [-0.3, -0.25) is 4.79 Å². The zero-order chi connectivity index (χ0) is 24.4. The monoisotopic (exact) mass is 488 g/mol. The van der Waals surface area contributed by atoms with Gasteiger partial charge in [0.1, 0.15) is 10.8 Å². The number of nitrogens with zero attached hydrogens (tertiary/aromatic N) is 5. The Morgan fingerprint density at radius 2 is 1.97 bits per heavy atom. The van der Waals surface area contributed by atoms with Gasteiger partial charge in [-0.25, -0.2) is 9.97 Å². The Bertz CT molecular complexity index is 1390. The fourth-order valence-electron chi connectivity index (χ4n) is 4.10. The highest BCUT2D eigenvalue weighted by atomic mass is 35.5. The van der Waals surface area contributed by atoms with Crippen molar-refractivity contribution in [2.45, 2.75) is 6.92 Å². The molecule has 0 saturated heterocycles. The van der Waals surface area contributed by atoms with Gasteiger partial charge in [0.25, 0.3) is 5.91 Å². The van der Waals surface area contributed by atoms with Crippen molar-refractivity contribution < 1.29 is 4.79 Å². The van der Waals surface area contributed by atoms with Gasteiger partial charge in [-0.05, 0) is 37.3 Å². The maximum Gasteiger partial charge on any atom is 0.253 e. The number of nitrogens with one attached hydrogen (secondary N) is 3. The third-order valence-corrected chi connectivity index (χ3v) is 6.15. The molecule has 1 aliphatic rings. The Morgan fingerprint density at radius 3 is 2.77 bits per heavy atom. The summed E-state index contributed by atoms with van der Waals surface area (Å²) in [5, 5.41) is 9.89. The van der Waals surface area contributed by atoms with Crippen LogP contribution in [0.25, 0.3) is 11.4 Å². The first-order valence-electron chi connectivity index (χ1n) is 11.3. The number of hydrogen-bond acceptors (Lipinski definition) is 7. The minimum atomic E-state index is -0.0666. The smallest absolute Gasteiger partial charge is 0.253 e. The molecule has 0 bridgehead atoms. The van der Waals surface area contributed by atoms with E-state index in [1.807, 2.05) is 60.3 Å². The summed E-state index contributed by atoms with van der Waals surface area (Å²) in [6, 6.07) is 13.5. The van der Waals surface area contributed by atoms with Crippen LogP contribution in [0.1, 0.15) is 17.3 Å². The molecule has 178 valence electrons. The van der Waals surface area contributed by atoms with Crippen molar-refractivity contribution in [2.75, 3.05) is 35.2 Å². The summed E-state index contributed by atoms with van der Waals surface area (Å²) in [7, 11) is 1.95. The van der Waals surface area contributed by atoms with Gasteiger partial charge >= 0.3 is 0 Å². The highest BCUT2D eigenvalue weighted by Crippen LogP contribution is 2.32. The van der Waals surface area contributed by atoms with Gasteiger partial charge in [-0.2, -0.15) is 4.98 Å². The molecule has 0 unspecified atom stereocenters. The quantitative estimate of drug-likeness (QED) is 0.365. The van der Waals surface area contributed by atoms with Gasteiger partial charge in [0.2, 0.25) is 5.95 Å². The summed E-state index contributed by atoms with van der Waals surface area (Å²) in [5.41, 5.74) is 4.05. The lowest BCUT2D eigenvalue weighted by Gasteiger charge is -2.22. The molecule has 5 rings (SSSR count). The minimum absolute atomic E-state index is 0.0666. The number of rotatable bonds is 6. The Morgan fingerprint density at radius 1 is 1.11 bits per heavy atom. The fraction of sp³-hybridized carbons (Fsp3) is 0.200. The molecule has 2 aromatic heterocycles. The normalized spacial score (nSPS) is 13.1. The van der Waals surface area contributed by atoms with Gasteiger partial charge in [-0.1, -0.05) is 23.7 Å². The van der Waals surface area contributed by atoms with E-state index in [0.29, 0.717) is 28.9 Å². The third-order valence-electron chi connectivity index (χ3n) is 5.87. The first kappa shape index (κ1) is 22.7. The maximum absolute atomic E-state index is 12.4. The molecule has 4 aromatic rings. The van der Waals surface area contributed by atoms with E-state index >= 15 is 0 Å². The molecule has 2 aromatic carbocycles. The number of likely N-dealkylation sites (N-methyl/N-ethyl adjacent to an activating group) is 1. The van der Waals surface area contributed by atoms with E-state index in [2.05, 4.69) is 42.7 Å². The lowest BCUT2D eigenvalue weighted by molar-refractivity contribution is 0.0958. The van der Waals surface area contributed by atoms with Crippen LogP contribution >= 0.6 is 11.6 Å². The molecule has 0 saturated carbocycles. The molecular formula is C25H25ClN8O. The second kappa shape index (κ2) is 9.63. The number of hydrogen-bond donors (Lipinski definition) is 3. The Hall–Kier alpha value is -4.11. The molecule has 3 N–H and O–H groups in total. The summed E-state index contributed by atoms with van der Waals surface area (Å²) < 4.78 is 1.95. The predicted octanol–water partition coefficient (Wildman–Crippen LogP) is 4.59. The molecular weight excluding hydrogens is 464 g/mol. The molecule has 3 heterocycles. The maximum atomic E-state index is 12.4. The molecule has 1 amide bonds.